The zero-order chi connectivity index (χ0) is 28.7. The van der Waals surface area contributed by atoms with Crippen LogP contribution in [-0.2, 0) is 16.1 Å². The first-order valence-corrected chi connectivity index (χ1v) is 16.4. The van der Waals surface area contributed by atoms with Crippen molar-refractivity contribution in [3.8, 4) is 5.75 Å². The molecule has 5 rings (SSSR count). The van der Waals surface area contributed by atoms with E-state index in [0.29, 0.717) is 32.6 Å². The first kappa shape index (κ1) is 30.3. The monoisotopic (exact) mass is 599 g/mol. The summed E-state index contributed by atoms with van der Waals surface area (Å²) in [6.45, 7) is 6.57. The van der Waals surface area contributed by atoms with Crippen LogP contribution in [0.2, 0.25) is 0 Å². The molecule has 2 aliphatic heterocycles. The van der Waals surface area contributed by atoms with Crippen LogP contribution >= 0.6 is 23.1 Å². The number of nitrogens with zero attached hydrogens (tertiary/aromatic N) is 3. The lowest BCUT2D eigenvalue weighted by molar-refractivity contribution is -0.141. The van der Waals surface area contributed by atoms with Gasteiger partial charge in [-0.3, -0.25) is 14.7 Å². The Balaban J connectivity index is 1.29. The first-order valence-electron chi connectivity index (χ1n) is 14.5. The fourth-order valence-electron chi connectivity index (χ4n) is 6.18. The maximum atomic E-state index is 12.0. The molecule has 1 aromatic carbocycles. The number of hydrogen-bond donors (Lipinski definition) is 2. The maximum absolute atomic E-state index is 12.0. The van der Waals surface area contributed by atoms with E-state index in [9.17, 15) is 15.0 Å². The number of aliphatic carboxylic acids is 1. The number of aromatic nitrogens is 1. The van der Waals surface area contributed by atoms with Crippen LogP contribution in [0.3, 0.4) is 0 Å². The van der Waals surface area contributed by atoms with Crippen LogP contribution < -0.4 is 4.74 Å². The molecule has 4 heterocycles. The molecule has 0 amide bonds. The molecule has 1 atom stereocenters. The topological polar surface area (TPSA) is 95.4 Å². The molecule has 2 N–H and O–H groups in total. The molecule has 0 bridgehead atoms. The lowest BCUT2D eigenvalue weighted by Gasteiger charge is -2.41. The summed E-state index contributed by atoms with van der Waals surface area (Å²) < 4.78 is 12.4. The fraction of sp³-hybridized carbons (Fsp3) is 0.548. The minimum Gasteiger partial charge on any atom is -0.497 e. The number of ether oxygens (including phenoxy) is 2. The van der Waals surface area contributed by atoms with Crippen molar-refractivity contribution < 1.29 is 24.5 Å². The average Bonchev–Trinajstić information content (AvgIpc) is 3.50. The standard InChI is InChI=1S/C31H41N3O5S2/c1-38-24-4-5-26-25(19-24)30(23(21-32-26)22-34-12-15-39-16-13-34)27(35)6-7-31(20-28(36)37)8-10-33(11-9-31)14-18-41-29-3-2-17-40-29/h2-5,17,19,21,27,35H,6-16,18,20,22H2,1H3,(H,36,37). The predicted octanol–water partition coefficient (Wildman–Crippen LogP) is 5.30. The zero-order valence-corrected chi connectivity index (χ0v) is 25.4. The van der Waals surface area contributed by atoms with E-state index in [2.05, 4.69) is 27.3 Å². The molecular weight excluding hydrogens is 558 g/mol. The number of rotatable bonds is 13. The van der Waals surface area contributed by atoms with Crippen molar-refractivity contribution in [2.24, 2.45) is 5.41 Å². The van der Waals surface area contributed by atoms with Gasteiger partial charge in [-0.15, -0.1) is 23.1 Å². The van der Waals surface area contributed by atoms with Crippen molar-refractivity contribution in [1.29, 1.82) is 0 Å². The third-order valence-corrected chi connectivity index (χ3v) is 10.7. The molecular formula is C31H41N3O5S2. The van der Waals surface area contributed by atoms with Crippen LogP contribution in [0.5, 0.6) is 5.75 Å². The lowest BCUT2D eigenvalue weighted by atomic mass is 9.71. The number of piperidine rings is 1. The maximum Gasteiger partial charge on any atom is 0.303 e. The number of thioether (sulfide) groups is 1. The van der Waals surface area contributed by atoms with Crippen molar-refractivity contribution in [2.75, 3.05) is 58.8 Å². The normalized spacial score (nSPS) is 18.9. The van der Waals surface area contributed by atoms with Gasteiger partial charge in [-0.2, -0.15) is 0 Å². The molecule has 2 aliphatic rings. The van der Waals surface area contributed by atoms with Crippen molar-refractivity contribution >= 4 is 40.0 Å². The van der Waals surface area contributed by atoms with Gasteiger partial charge in [0.2, 0.25) is 0 Å². The number of morpholine rings is 1. The average molecular weight is 600 g/mol. The molecule has 2 saturated heterocycles. The van der Waals surface area contributed by atoms with Crippen LogP contribution in [-0.4, -0.2) is 89.8 Å². The van der Waals surface area contributed by atoms with Gasteiger partial charge in [-0.05, 0) is 85.0 Å². The highest BCUT2D eigenvalue weighted by Gasteiger charge is 2.37. The number of likely N-dealkylation sites (tertiary alicyclic amines) is 1. The van der Waals surface area contributed by atoms with Crippen molar-refractivity contribution in [1.82, 2.24) is 14.8 Å². The Morgan fingerprint density at radius 2 is 2.00 bits per heavy atom. The summed E-state index contributed by atoms with van der Waals surface area (Å²) in [6, 6.07) is 10.0. The molecule has 8 nitrogen and oxygen atoms in total. The summed E-state index contributed by atoms with van der Waals surface area (Å²) in [5.41, 5.74) is 2.40. The van der Waals surface area contributed by atoms with Crippen LogP contribution in [0.25, 0.3) is 10.9 Å². The number of aliphatic hydroxyl groups excluding tert-OH is 1. The van der Waals surface area contributed by atoms with Crippen LogP contribution in [0.1, 0.15) is 49.3 Å². The third-order valence-electron chi connectivity index (χ3n) is 8.57. The number of carboxylic acids is 1. The molecule has 0 radical (unpaired) electrons. The molecule has 2 fully saturated rings. The number of carbonyl (C=O) groups is 1. The van der Waals surface area contributed by atoms with Gasteiger partial charge in [0.25, 0.3) is 0 Å². The highest BCUT2D eigenvalue weighted by molar-refractivity contribution is 8.01. The Labute approximate surface area is 250 Å². The van der Waals surface area contributed by atoms with Gasteiger partial charge in [-0.25, -0.2) is 0 Å². The van der Waals surface area contributed by atoms with Crippen molar-refractivity contribution in [3.05, 3.63) is 53.0 Å². The number of hydrogen-bond acceptors (Lipinski definition) is 9. The molecule has 0 aliphatic carbocycles. The number of methoxy groups -OCH3 is 1. The van der Waals surface area contributed by atoms with E-state index in [1.54, 1.807) is 18.4 Å². The molecule has 0 saturated carbocycles. The van der Waals surface area contributed by atoms with Crippen LogP contribution in [0.15, 0.2) is 46.1 Å². The quantitative estimate of drug-likeness (QED) is 0.254. The summed E-state index contributed by atoms with van der Waals surface area (Å²) in [6.07, 6.45) is 4.15. The second-order valence-electron chi connectivity index (χ2n) is 11.2. The Morgan fingerprint density at radius 3 is 2.71 bits per heavy atom. The first-order chi connectivity index (χ1) is 19.9. The number of thiophene rings is 1. The largest absolute Gasteiger partial charge is 0.497 e. The second-order valence-corrected chi connectivity index (χ2v) is 13.6. The Morgan fingerprint density at radius 1 is 1.20 bits per heavy atom. The molecule has 222 valence electrons. The number of pyridine rings is 1. The molecule has 41 heavy (non-hydrogen) atoms. The zero-order valence-electron chi connectivity index (χ0n) is 23.8. The van der Waals surface area contributed by atoms with Crippen molar-refractivity contribution in [2.45, 2.75) is 49.0 Å². The lowest BCUT2D eigenvalue weighted by Crippen LogP contribution is -2.42. The van der Waals surface area contributed by atoms with Crippen LogP contribution in [0, 0.1) is 5.41 Å². The van der Waals surface area contributed by atoms with Crippen LogP contribution in [0.4, 0.5) is 0 Å². The number of aliphatic hydroxyl groups is 1. The summed E-state index contributed by atoms with van der Waals surface area (Å²) in [4.78, 5) is 21.5. The van der Waals surface area contributed by atoms with Gasteiger partial charge in [-0.1, -0.05) is 6.07 Å². The molecule has 2 aromatic heterocycles. The van der Waals surface area contributed by atoms with E-state index in [-0.39, 0.29) is 11.8 Å². The fourth-order valence-corrected chi connectivity index (χ4v) is 8.04. The Kier molecular flexibility index (Phi) is 10.6. The van der Waals surface area contributed by atoms with Gasteiger partial charge in [0, 0.05) is 43.5 Å². The van der Waals surface area contributed by atoms with Gasteiger partial charge < -0.3 is 24.6 Å². The van der Waals surface area contributed by atoms with E-state index < -0.39 is 12.1 Å². The van der Waals surface area contributed by atoms with Gasteiger partial charge in [0.05, 0.1) is 42.6 Å². The molecule has 3 aromatic rings. The van der Waals surface area contributed by atoms with E-state index >= 15 is 0 Å². The summed E-state index contributed by atoms with van der Waals surface area (Å²) in [5, 5.41) is 24.6. The van der Waals surface area contributed by atoms with Gasteiger partial charge in [0.1, 0.15) is 5.75 Å². The minimum atomic E-state index is -0.756. The number of fused-ring (bicyclic) bond motifs is 1. The highest BCUT2D eigenvalue weighted by atomic mass is 32.2. The van der Waals surface area contributed by atoms with E-state index in [0.717, 1.165) is 79.1 Å². The second kappa shape index (κ2) is 14.3. The number of carboxylic acid groups (broad SMARTS) is 1. The van der Waals surface area contributed by atoms with E-state index in [4.69, 9.17) is 14.5 Å². The Bertz CT molecular complexity index is 1270. The van der Waals surface area contributed by atoms with Crippen molar-refractivity contribution in [3.63, 3.8) is 0 Å². The summed E-state index contributed by atoms with van der Waals surface area (Å²) in [5.74, 6) is 1.01. The SMILES string of the molecule is COc1ccc2ncc(CN3CCOCC3)c(C(O)CCC3(CC(=O)O)CCN(CCSc4cccs4)CC3)c2c1. The smallest absolute Gasteiger partial charge is 0.303 e. The molecule has 0 spiro atoms. The van der Waals surface area contributed by atoms with Gasteiger partial charge >= 0.3 is 5.97 Å². The molecule has 1 unspecified atom stereocenters. The summed E-state index contributed by atoms with van der Waals surface area (Å²) in [7, 11) is 1.64. The highest BCUT2D eigenvalue weighted by Crippen LogP contribution is 2.43. The predicted molar refractivity (Wildman–Crippen MR) is 164 cm³/mol. The van der Waals surface area contributed by atoms with Gasteiger partial charge in [0.15, 0.2) is 0 Å². The minimum absolute atomic E-state index is 0.142. The Hall–Kier alpha value is -2.21. The number of benzene rings is 1. The van der Waals surface area contributed by atoms with E-state index in [1.807, 2.05) is 36.2 Å². The molecule has 10 heteroatoms. The van der Waals surface area contributed by atoms with E-state index in [1.165, 1.54) is 4.21 Å². The summed E-state index contributed by atoms with van der Waals surface area (Å²) >= 11 is 3.66. The third kappa shape index (κ3) is 8.00.